The minimum atomic E-state index is -1.09. The van der Waals surface area contributed by atoms with Crippen LogP contribution < -0.4 is 9.67 Å². The van der Waals surface area contributed by atoms with E-state index in [0.717, 1.165) is 16.6 Å². The lowest BCUT2D eigenvalue weighted by Crippen LogP contribution is -2.42. The number of carboxylic acid groups (broad SMARTS) is 1. The molecule has 0 aliphatic rings. The molecule has 0 amide bonds. The fraction of sp³-hybridized carbons (Fsp3) is 0.273. The van der Waals surface area contributed by atoms with E-state index < -0.39 is 5.97 Å². The van der Waals surface area contributed by atoms with Gasteiger partial charge in [-0.3, -0.25) is 0 Å². The summed E-state index contributed by atoms with van der Waals surface area (Å²) in [5, 5.41) is 11.2. The number of nitrogens with zero attached hydrogens (tertiary/aromatic N) is 1. The number of carboxylic acids is 1. The molecule has 2 rings (SSSR count). The van der Waals surface area contributed by atoms with E-state index in [9.17, 15) is 9.90 Å². The Labute approximate surface area is 91.6 Å². The van der Waals surface area contributed by atoms with Gasteiger partial charge in [-0.2, -0.15) is 4.57 Å². The van der Waals surface area contributed by atoms with Crippen molar-refractivity contribution in [2.75, 3.05) is 0 Å². The Bertz CT molecular complexity index is 504. The lowest BCUT2D eigenvalue weighted by Gasteiger charge is -1.97. The van der Waals surface area contributed by atoms with E-state index in [-0.39, 0.29) is 0 Å². The van der Waals surface area contributed by atoms with Gasteiger partial charge in [0.15, 0.2) is 5.97 Å². The second-order valence-electron chi connectivity index (χ2n) is 3.31. The lowest BCUT2D eigenvalue weighted by molar-refractivity contribution is -0.671. The molecule has 0 bridgehead atoms. The van der Waals surface area contributed by atoms with Crippen molar-refractivity contribution in [2.45, 2.75) is 19.9 Å². The second-order valence-corrected chi connectivity index (χ2v) is 4.34. The molecule has 0 aliphatic carbocycles. The van der Waals surface area contributed by atoms with Gasteiger partial charge in [0, 0.05) is 12.5 Å². The van der Waals surface area contributed by atoms with Crippen molar-refractivity contribution in [3.8, 4) is 0 Å². The molecule has 15 heavy (non-hydrogen) atoms. The molecule has 3 nitrogen and oxygen atoms in total. The molecule has 0 atom stereocenters. The van der Waals surface area contributed by atoms with E-state index in [0.29, 0.717) is 11.6 Å². The predicted octanol–water partition coefficient (Wildman–Crippen LogP) is 0.962. The first-order valence-electron chi connectivity index (χ1n) is 4.86. The molecule has 1 heterocycles. The Balaban J connectivity index is 2.68. The summed E-state index contributed by atoms with van der Waals surface area (Å²) in [7, 11) is 0. The van der Waals surface area contributed by atoms with Gasteiger partial charge in [-0.05, 0) is 6.07 Å². The number of thiazole rings is 1. The van der Waals surface area contributed by atoms with Crippen LogP contribution in [0.25, 0.3) is 10.2 Å². The highest BCUT2D eigenvalue weighted by atomic mass is 32.1. The second kappa shape index (κ2) is 3.98. The molecule has 4 heteroatoms. The number of aromatic carboxylic acids is 1. The van der Waals surface area contributed by atoms with Gasteiger partial charge in [0.25, 0.3) is 5.01 Å². The molecule has 0 radical (unpaired) electrons. The van der Waals surface area contributed by atoms with Crippen LogP contribution in [0, 0.1) is 0 Å². The first-order chi connectivity index (χ1) is 7.24. The highest BCUT2D eigenvalue weighted by Crippen LogP contribution is 2.19. The summed E-state index contributed by atoms with van der Waals surface area (Å²) < 4.78 is 2.81. The highest BCUT2D eigenvalue weighted by Gasteiger charge is 2.19. The fourth-order valence-electron chi connectivity index (χ4n) is 1.63. The van der Waals surface area contributed by atoms with Crippen LogP contribution in [0.5, 0.6) is 0 Å². The molecule has 0 N–H and O–H groups in total. The van der Waals surface area contributed by atoms with Crippen LogP contribution in [0.3, 0.4) is 0 Å². The van der Waals surface area contributed by atoms with Crippen LogP contribution in [-0.4, -0.2) is 5.97 Å². The predicted molar refractivity (Wildman–Crippen MR) is 56.6 cm³/mol. The lowest BCUT2D eigenvalue weighted by atomic mass is 10.3. The first kappa shape index (κ1) is 10.1. The molecule has 1 aromatic heterocycles. The fourth-order valence-corrected chi connectivity index (χ4v) is 2.65. The molecule has 0 unspecified atom stereocenters. The van der Waals surface area contributed by atoms with Crippen LogP contribution >= 0.6 is 11.3 Å². The third-order valence-corrected chi connectivity index (χ3v) is 3.38. The summed E-state index contributed by atoms with van der Waals surface area (Å²) in [5.41, 5.74) is 0.976. The summed E-state index contributed by atoms with van der Waals surface area (Å²) in [4.78, 5) is 10.9. The molecule has 0 aliphatic heterocycles. The quantitative estimate of drug-likeness (QED) is 0.725. The Kier molecular flexibility index (Phi) is 2.68. The highest BCUT2D eigenvalue weighted by molar-refractivity contribution is 7.19. The maximum atomic E-state index is 10.9. The van der Waals surface area contributed by atoms with Crippen molar-refractivity contribution in [2.24, 2.45) is 0 Å². The minimum Gasteiger partial charge on any atom is -0.539 e. The molecular weight excluding hydrogens is 210 g/mol. The Morgan fingerprint density at radius 2 is 2.20 bits per heavy atom. The van der Waals surface area contributed by atoms with E-state index in [4.69, 9.17) is 0 Å². The summed E-state index contributed by atoms with van der Waals surface area (Å²) in [5.74, 6) is -1.09. The van der Waals surface area contributed by atoms with Crippen molar-refractivity contribution in [3.05, 3.63) is 29.3 Å². The monoisotopic (exact) mass is 221 g/mol. The number of fused-ring (bicyclic) bond motifs is 1. The largest absolute Gasteiger partial charge is 0.539 e. The number of rotatable bonds is 3. The Hall–Kier alpha value is -1.42. The summed E-state index contributed by atoms with van der Waals surface area (Å²) in [6.07, 6.45) is 0.908. The molecule has 0 spiro atoms. The summed E-state index contributed by atoms with van der Waals surface area (Å²) >= 11 is 1.27. The molecule has 0 fully saturated rings. The maximum Gasteiger partial charge on any atom is 0.285 e. The third kappa shape index (κ3) is 1.72. The van der Waals surface area contributed by atoms with E-state index in [1.807, 2.05) is 35.8 Å². The average molecular weight is 221 g/mol. The molecule has 0 saturated carbocycles. The number of hydrogen-bond donors (Lipinski definition) is 0. The number of aryl methyl sites for hydroxylation is 1. The SMILES string of the molecule is CCC[n+]1c(C(=O)[O-])sc2ccccc21. The van der Waals surface area contributed by atoms with Crippen molar-refractivity contribution < 1.29 is 14.5 Å². The van der Waals surface area contributed by atoms with Gasteiger partial charge in [-0.25, -0.2) is 0 Å². The topological polar surface area (TPSA) is 44.0 Å². The Morgan fingerprint density at radius 1 is 1.47 bits per heavy atom. The number of benzene rings is 1. The zero-order valence-corrected chi connectivity index (χ0v) is 9.21. The van der Waals surface area contributed by atoms with Crippen molar-refractivity contribution in [3.63, 3.8) is 0 Å². The summed E-state index contributed by atoms with van der Waals surface area (Å²) in [6, 6.07) is 7.70. The smallest absolute Gasteiger partial charge is 0.285 e. The Morgan fingerprint density at radius 3 is 2.87 bits per heavy atom. The van der Waals surface area contributed by atoms with Crippen LogP contribution in [0.1, 0.15) is 23.1 Å². The standard InChI is InChI=1S/C11H11NO2S/c1-2-7-12-8-5-3-4-6-9(8)15-10(12)11(13)14/h3-6H,2,7H2,1H3. The van der Waals surface area contributed by atoms with Crippen LogP contribution in [0.2, 0.25) is 0 Å². The van der Waals surface area contributed by atoms with Gasteiger partial charge in [0.2, 0.25) is 5.52 Å². The number of hydrogen-bond acceptors (Lipinski definition) is 3. The van der Waals surface area contributed by atoms with Gasteiger partial charge in [-0.1, -0.05) is 30.4 Å². The van der Waals surface area contributed by atoms with Gasteiger partial charge >= 0.3 is 0 Å². The maximum absolute atomic E-state index is 10.9. The molecule has 0 saturated heterocycles. The van der Waals surface area contributed by atoms with E-state index in [2.05, 4.69) is 0 Å². The molecule has 1 aromatic carbocycles. The molecular formula is C11H11NO2S. The van der Waals surface area contributed by atoms with E-state index >= 15 is 0 Å². The number of para-hydroxylation sites is 1. The molecule has 78 valence electrons. The van der Waals surface area contributed by atoms with Gasteiger partial charge < -0.3 is 9.90 Å². The summed E-state index contributed by atoms with van der Waals surface area (Å²) in [6.45, 7) is 2.74. The first-order valence-corrected chi connectivity index (χ1v) is 5.68. The number of aromatic nitrogens is 1. The molecule has 2 aromatic rings. The van der Waals surface area contributed by atoms with Crippen LogP contribution in [0.4, 0.5) is 0 Å². The van der Waals surface area contributed by atoms with Gasteiger partial charge in [-0.15, -0.1) is 0 Å². The zero-order chi connectivity index (χ0) is 10.8. The van der Waals surface area contributed by atoms with E-state index in [1.165, 1.54) is 11.3 Å². The van der Waals surface area contributed by atoms with Crippen molar-refractivity contribution in [1.29, 1.82) is 0 Å². The number of carbonyl (C=O) groups is 1. The van der Waals surface area contributed by atoms with Gasteiger partial charge in [0.05, 0.1) is 0 Å². The van der Waals surface area contributed by atoms with Crippen LogP contribution in [-0.2, 0) is 6.54 Å². The van der Waals surface area contributed by atoms with Gasteiger partial charge in [0.1, 0.15) is 11.2 Å². The minimum absolute atomic E-state index is 0.304. The van der Waals surface area contributed by atoms with Crippen molar-refractivity contribution in [1.82, 2.24) is 0 Å². The van der Waals surface area contributed by atoms with Crippen molar-refractivity contribution >= 4 is 27.5 Å². The average Bonchev–Trinajstić information content (AvgIpc) is 2.58. The third-order valence-electron chi connectivity index (χ3n) is 2.23. The zero-order valence-electron chi connectivity index (χ0n) is 8.40. The number of carbonyl (C=O) groups excluding carboxylic acids is 1. The van der Waals surface area contributed by atoms with E-state index in [1.54, 1.807) is 0 Å². The normalized spacial score (nSPS) is 10.7. The van der Waals surface area contributed by atoms with Crippen LogP contribution in [0.15, 0.2) is 24.3 Å².